The fraction of sp³-hybridized carbons (Fsp3) is 0.500. The van der Waals surface area contributed by atoms with E-state index in [0.717, 1.165) is 0 Å². The topological polar surface area (TPSA) is 102 Å². The number of aromatic nitrogens is 2. The van der Waals surface area contributed by atoms with E-state index in [9.17, 15) is 14.4 Å². The molecule has 1 heterocycles. The first-order valence-corrected chi connectivity index (χ1v) is 8.79. The number of hydrogen-bond donors (Lipinski definition) is 1. The van der Waals surface area contributed by atoms with E-state index in [1.165, 1.54) is 12.4 Å². The third-order valence-electron chi connectivity index (χ3n) is 2.65. The lowest BCUT2D eigenvalue weighted by Gasteiger charge is -2.09. The summed E-state index contributed by atoms with van der Waals surface area (Å²) in [6, 6.07) is 0. The molecule has 8 nitrogen and oxygen atoms in total. The molecule has 0 bridgehead atoms. The molecule has 10 heteroatoms. The first-order chi connectivity index (χ1) is 12.3. The van der Waals surface area contributed by atoms with Crippen LogP contribution in [0.25, 0.3) is 0 Å². The van der Waals surface area contributed by atoms with Crippen molar-refractivity contribution in [2.45, 2.75) is 19.7 Å². The summed E-state index contributed by atoms with van der Waals surface area (Å²) in [4.78, 5) is 35.3. The van der Waals surface area contributed by atoms with Gasteiger partial charge in [-0.3, -0.25) is 9.89 Å². The van der Waals surface area contributed by atoms with Crippen LogP contribution in [0.3, 0.4) is 0 Å². The highest BCUT2D eigenvalue weighted by atomic mass is 35.5. The number of nitrogens with zero attached hydrogens (tertiary/aromatic N) is 2. The van der Waals surface area contributed by atoms with Gasteiger partial charge < -0.3 is 14.4 Å². The van der Waals surface area contributed by atoms with E-state index in [2.05, 4.69) is 10.2 Å². The van der Waals surface area contributed by atoms with Gasteiger partial charge in [-0.2, -0.15) is 5.10 Å². The van der Waals surface area contributed by atoms with E-state index in [0.29, 0.717) is 17.9 Å². The first kappa shape index (κ1) is 23.9. The Morgan fingerprint density at radius 2 is 1.81 bits per heavy atom. The van der Waals surface area contributed by atoms with Crippen LogP contribution in [0.1, 0.15) is 29.9 Å². The van der Waals surface area contributed by atoms with Crippen molar-refractivity contribution < 1.29 is 23.9 Å². The lowest BCUT2D eigenvalue weighted by atomic mass is 10.2. The molecular weight excluding hydrogens is 385 g/mol. The zero-order valence-electron chi connectivity index (χ0n) is 15.2. The van der Waals surface area contributed by atoms with Gasteiger partial charge in [0.2, 0.25) is 0 Å². The minimum absolute atomic E-state index is 0.0214. The van der Waals surface area contributed by atoms with Gasteiger partial charge in [0.15, 0.2) is 5.78 Å². The molecule has 0 aliphatic rings. The molecule has 146 valence electrons. The van der Waals surface area contributed by atoms with Gasteiger partial charge in [0, 0.05) is 26.5 Å². The molecule has 1 aromatic rings. The SMILES string of the molecule is CCOC(=O)/C(=C/N(C)C)C(=O)CCl.CCOC(=O)c1c[nH]nc1CCl. The molecule has 0 aliphatic carbocycles. The van der Waals surface area contributed by atoms with Crippen LogP contribution >= 0.6 is 23.2 Å². The fourth-order valence-electron chi connectivity index (χ4n) is 1.58. The highest BCUT2D eigenvalue weighted by Crippen LogP contribution is 2.08. The number of ketones is 1. The average Bonchev–Trinajstić information content (AvgIpc) is 3.08. The third-order valence-corrected chi connectivity index (χ3v) is 3.14. The van der Waals surface area contributed by atoms with Crippen molar-refractivity contribution in [2.75, 3.05) is 33.2 Å². The Bertz CT molecular complexity index is 629. The predicted molar refractivity (Wildman–Crippen MR) is 98.2 cm³/mol. The van der Waals surface area contributed by atoms with E-state index in [-0.39, 0.29) is 29.9 Å². The van der Waals surface area contributed by atoms with Crippen LogP contribution in [0.4, 0.5) is 0 Å². The molecular formula is C16H23Cl2N3O5. The second-order valence-corrected chi connectivity index (χ2v) is 5.42. The summed E-state index contributed by atoms with van der Waals surface area (Å²) in [5.41, 5.74) is 0.911. The third kappa shape index (κ3) is 8.35. The molecule has 0 aliphatic heterocycles. The molecule has 1 N–H and O–H groups in total. The van der Waals surface area contributed by atoms with Crippen LogP contribution in [0, 0.1) is 0 Å². The van der Waals surface area contributed by atoms with Crippen molar-refractivity contribution in [3.8, 4) is 0 Å². The number of aromatic amines is 1. The largest absolute Gasteiger partial charge is 0.462 e. The van der Waals surface area contributed by atoms with Gasteiger partial charge >= 0.3 is 11.9 Å². The minimum Gasteiger partial charge on any atom is -0.462 e. The molecule has 0 saturated carbocycles. The number of hydrogen-bond acceptors (Lipinski definition) is 7. The maximum absolute atomic E-state index is 11.3. The van der Waals surface area contributed by atoms with Gasteiger partial charge in [-0.25, -0.2) is 9.59 Å². The monoisotopic (exact) mass is 407 g/mol. The van der Waals surface area contributed by atoms with Gasteiger partial charge in [0.05, 0.1) is 30.7 Å². The highest BCUT2D eigenvalue weighted by molar-refractivity contribution is 6.34. The van der Waals surface area contributed by atoms with Crippen LogP contribution in [0.15, 0.2) is 18.0 Å². The molecule has 0 unspecified atom stereocenters. The van der Waals surface area contributed by atoms with Gasteiger partial charge in [-0.05, 0) is 13.8 Å². The van der Waals surface area contributed by atoms with Crippen molar-refractivity contribution in [2.24, 2.45) is 0 Å². The summed E-state index contributed by atoms with van der Waals surface area (Å²) in [5.74, 6) is -1.47. The van der Waals surface area contributed by atoms with Crippen LogP contribution < -0.4 is 0 Å². The van der Waals surface area contributed by atoms with Crippen molar-refractivity contribution in [1.29, 1.82) is 0 Å². The lowest BCUT2D eigenvalue weighted by Crippen LogP contribution is -2.19. The molecule has 0 aromatic carbocycles. The smallest absolute Gasteiger partial charge is 0.343 e. The Morgan fingerprint density at radius 3 is 2.27 bits per heavy atom. The van der Waals surface area contributed by atoms with Crippen LogP contribution in [0.5, 0.6) is 0 Å². The zero-order chi connectivity index (χ0) is 20.1. The molecule has 0 atom stereocenters. The van der Waals surface area contributed by atoms with Gasteiger partial charge in [0.1, 0.15) is 11.1 Å². The molecule has 0 amide bonds. The molecule has 0 spiro atoms. The quantitative estimate of drug-likeness (QED) is 0.231. The van der Waals surface area contributed by atoms with Crippen molar-refractivity contribution in [1.82, 2.24) is 15.1 Å². The van der Waals surface area contributed by atoms with E-state index in [1.807, 2.05) is 0 Å². The number of esters is 2. The fourth-order valence-corrected chi connectivity index (χ4v) is 1.93. The zero-order valence-corrected chi connectivity index (χ0v) is 16.7. The van der Waals surface area contributed by atoms with Crippen LogP contribution in [-0.2, 0) is 24.9 Å². The van der Waals surface area contributed by atoms with Crippen LogP contribution in [0.2, 0.25) is 0 Å². The summed E-state index contributed by atoms with van der Waals surface area (Å²) in [6.07, 6.45) is 2.89. The summed E-state index contributed by atoms with van der Waals surface area (Å²) in [7, 11) is 3.42. The van der Waals surface area contributed by atoms with Crippen molar-refractivity contribution in [3.05, 3.63) is 29.2 Å². The number of carbonyl (C=O) groups excluding carboxylic acids is 3. The first-order valence-electron chi connectivity index (χ1n) is 7.72. The Hall–Kier alpha value is -2.06. The number of ether oxygens (including phenoxy) is 2. The number of rotatable bonds is 8. The van der Waals surface area contributed by atoms with Gasteiger partial charge in [0.25, 0.3) is 0 Å². The van der Waals surface area contributed by atoms with E-state index in [1.54, 1.807) is 32.8 Å². The molecule has 0 fully saturated rings. The highest BCUT2D eigenvalue weighted by Gasteiger charge is 2.18. The normalized spacial score (nSPS) is 10.5. The van der Waals surface area contributed by atoms with Crippen molar-refractivity contribution >= 4 is 40.9 Å². The Balaban J connectivity index is 0.000000485. The second kappa shape index (κ2) is 13.2. The lowest BCUT2D eigenvalue weighted by molar-refractivity contribution is -0.139. The molecule has 26 heavy (non-hydrogen) atoms. The maximum atomic E-state index is 11.3. The maximum Gasteiger partial charge on any atom is 0.343 e. The summed E-state index contributed by atoms with van der Waals surface area (Å²) >= 11 is 10.9. The Labute approximate surface area is 162 Å². The molecule has 1 aromatic heterocycles. The van der Waals surface area contributed by atoms with E-state index in [4.69, 9.17) is 32.7 Å². The number of Topliss-reactive ketones (excluding diaryl/α,β-unsaturated/α-hetero) is 1. The minimum atomic E-state index is -0.633. The standard InChI is InChI=1S/C9H14ClNO3.C7H9ClN2O2/c1-4-14-9(13)7(6-11(2)3)8(12)5-10;1-2-12-7(11)5-4-9-10-6(5)3-8/h6H,4-5H2,1-3H3;4H,2-3H2,1H3,(H,9,10)/b7-6+;. The van der Waals surface area contributed by atoms with E-state index < -0.39 is 11.8 Å². The van der Waals surface area contributed by atoms with Gasteiger partial charge in [-0.15, -0.1) is 23.2 Å². The summed E-state index contributed by atoms with van der Waals surface area (Å²) in [6.45, 7) is 4.01. The van der Waals surface area contributed by atoms with Crippen LogP contribution in [-0.4, -0.2) is 66.0 Å². The Morgan fingerprint density at radius 1 is 1.19 bits per heavy atom. The number of carbonyl (C=O) groups is 3. The molecule has 0 radical (unpaired) electrons. The molecule has 1 rings (SSSR count). The van der Waals surface area contributed by atoms with Gasteiger partial charge in [-0.1, -0.05) is 0 Å². The Kier molecular flexibility index (Phi) is 12.1. The molecule has 0 saturated heterocycles. The average molecular weight is 408 g/mol. The predicted octanol–water partition coefficient (Wildman–Crippen LogP) is 2.13. The summed E-state index contributed by atoms with van der Waals surface area (Å²) < 4.78 is 9.49. The second-order valence-electron chi connectivity index (χ2n) is 4.88. The van der Waals surface area contributed by atoms with E-state index >= 15 is 0 Å². The number of alkyl halides is 2. The number of H-pyrrole nitrogens is 1. The number of nitrogens with one attached hydrogen (secondary N) is 1. The number of halogens is 2. The van der Waals surface area contributed by atoms with Crippen molar-refractivity contribution in [3.63, 3.8) is 0 Å². The summed E-state index contributed by atoms with van der Waals surface area (Å²) in [5, 5.41) is 6.33.